The maximum Gasteiger partial charge on any atom is 0.253 e. The van der Waals surface area contributed by atoms with Crippen molar-refractivity contribution in [3.8, 4) is 0 Å². The number of ether oxygens (including phenoxy) is 1. The number of aromatic nitrogens is 2. The predicted octanol–water partition coefficient (Wildman–Crippen LogP) is 0.562. The first-order chi connectivity index (χ1) is 15.0. The molecule has 1 aromatic carbocycles. The summed E-state index contributed by atoms with van der Waals surface area (Å²) in [5.74, 6) is 1.26. The predicted molar refractivity (Wildman–Crippen MR) is 110 cm³/mol. The van der Waals surface area contributed by atoms with Crippen molar-refractivity contribution in [2.24, 2.45) is 5.92 Å². The first-order valence-corrected chi connectivity index (χ1v) is 10.8. The number of amides is 2. The van der Waals surface area contributed by atoms with Gasteiger partial charge in [0.25, 0.3) is 5.91 Å². The lowest BCUT2D eigenvalue weighted by Crippen LogP contribution is -2.46. The molecule has 3 aliphatic rings. The highest BCUT2D eigenvalue weighted by Gasteiger charge is 2.58. The third-order valence-electron chi connectivity index (χ3n) is 6.69. The van der Waals surface area contributed by atoms with Crippen molar-refractivity contribution in [2.45, 2.75) is 12.3 Å². The number of likely N-dealkylation sites (tertiary alicyclic amines) is 2. The number of benzene rings is 1. The number of fused-ring (bicyclic) bond motifs is 1. The Morgan fingerprint density at radius 3 is 2.52 bits per heavy atom. The van der Waals surface area contributed by atoms with E-state index in [-0.39, 0.29) is 17.7 Å². The maximum absolute atomic E-state index is 13.1. The molecule has 0 saturated carbocycles. The van der Waals surface area contributed by atoms with Crippen molar-refractivity contribution in [3.05, 3.63) is 47.6 Å². The molecule has 31 heavy (non-hydrogen) atoms. The quantitative estimate of drug-likeness (QED) is 0.707. The zero-order valence-corrected chi connectivity index (χ0v) is 17.7. The lowest BCUT2D eigenvalue weighted by molar-refractivity contribution is -0.132. The molecule has 4 heterocycles. The smallest absolute Gasteiger partial charge is 0.253 e. The molecule has 164 valence electrons. The molecule has 0 N–H and O–H groups in total. The molecule has 3 aliphatic heterocycles. The van der Waals surface area contributed by atoms with Gasteiger partial charge in [0.2, 0.25) is 11.8 Å². The second-order valence-corrected chi connectivity index (χ2v) is 8.71. The van der Waals surface area contributed by atoms with Gasteiger partial charge in [0.15, 0.2) is 5.82 Å². The zero-order valence-electron chi connectivity index (χ0n) is 17.7. The van der Waals surface area contributed by atoms with Crippen molar-refractivity contribution in [1.29, 1.82) is 0 Å². The fourth-order valence-corrected chi connectivity index (χ4v) is 5.03. The number of rotatable bonds is 4. The molecule has 2 atom stereocenters. The summed E-state index contributed by atoms with van der Waals surface area (Å²) in [5, 5.41) is 3.99. The fourth-order valence-electron chi connectivity index (χ4n) is 5.03. The van der Waals surface area contributed by atoms with Gasteiger partial charge in [0, 0.05) is 50.7 Å². The first kappa shape index (κ1) is 20.1. The minimum Gasteiger partial charge on any atom is -0.379 e. The molecule has 0 aliphatic carbocycles. The van der Waals surface area contributed by atoms with Crippen LogP contribution < -0.4 is 0 Å². The maximum atomic E-state index is 13.1. The Morgan fingerprint density at radius 2 is 1.81 bits per heavy atom. The van der Waals surface area contributed by atoms with Gasteiger partial charge in [-0.2, -0.15) is 4.98 Å². The Bertz CT molecular complexity index is 958. The summed E-state index contributed by atoms with van der Waals surface area (Å²) in [6.07, 6.45) is 0. The number of morpholine rings is 1. The van der Waals surface area contributed by atoms with Gasteiger partial charge in [-0.1, -0.05) is 23.4 Å². The van der Waals surface area contributed by atoms with E-state index < -0.39 is 5.41 Å². The zero-order chi connectivity index (χ0) is 21.4. The van der Waals surface area contributed by atoms with Gasteiger partial charge in [-0.3, -0.25) is 14.5 Å². The molecular weight excluding hydrogens is 398 g/mol. The summed E-state index contributed by atoms with van der Waals surface area (Å²) < 4.78 is 11.0. The first-order valence-electron chi connectivity index (χ1n) is 10.8. The van der Waals surface area contributed by atoms with Gasteiger partial charge < -0.3 is 19.1 Å². The monoisotopic (exact) mass is 425 g/mol. The highest BCUT2D eigenvalue weighted by atomic mass is 16.5. The van der Waals surface area contributed by atoms with Gasteiger partial charge in [-0.25, -0.2) is 0 Å². The highest BCUT2D eigenvalue weighted by Crippen LogP contribution is 2.44. The van der Waals surface area contributed by atoms with Gasteiger partial charge in [-0.05, 0) is 19.1 Å². The number of nitrogens with zero attached hydrogens (tertiary/aromatic N) is 5. The van der Waals surface area contributed by atoms with Crippen LogP contribution >= 0.6 is 0 Å². The van der Waals surface area contributed by atoms with Gasteiger partial charge >= 0.3 is 0 Å². The minimum absolute atomic E-state index is 0.00296. The molecule has 9 heteroatoms. The standard InChI is InChI=1S/C22H27N5O4/c1-16-23-21(31-24-16)22-14-26(19(28)13-25-7-9-30-10-8-25)11-18(22)12-27(15-22)20(29)17-5-3-2-4-6-17/h2-6,18H,7-15H2,1H3/t18-,22-/m0/s1. The van der Waals surface area contributed by atoms with Gasteiger partial charge in [0.05, 0.1) is 25.2 Å². The average molecular weight is 425 g/mol. The Balaban J connectivity index is 1.36. The fraction of sp³-hybridized carbons (Fsp3) is 0.545. The van der Waals surface area contributed by atoms with Crippen LogP contribution in [0.4, 0.5) is 0 Å². The van der Waals surface area contributed by atoms with E-state index in [2.05, 4.69) is 15.0 Å². The van der Waals surface area contributed by atoms with Crippen molar-refractivity contribution in [3.63, 3.8) is 0 Å². The summed E-state index contributed by atoms with van der Waals surface area (Å²) in [4.78, 5) is 36.6. The molecule has 0 radical (unpaired) electrons. The van der Waals surface area contributed by atoms with Crippen molar-refractivity contribution in [1.82, 2.24) is 24.8 Å². The molecule has 0 spiro atoms. The van der Waals surface area contributed by atoms with E-state index in [9.17, 15) is 9.59 Å². The Morgan fingerprint density at radius 1 is 1.10 bits per heavy atom. The van der Waals surface area contributed by atoms with Crippen LogP contribution in [0, 0.1) is 12.8 Å². The van der Waals surface area contributed by atoms with Crippen LogP contribution in [0.1, 0.15) is 22.1 Å². The Hall–Kier alpha value is -2.78. The molecule has 0 bridgehead atoms. The van der Waals surface area contributed by atoms with Crippen molar-refractivity contribution in [2.75, 3.05) is 59.0 Å². The van der Waals surface area contributed by atoms with Gasteiger partial charge in [0.1, 0.15) is 0 Å². The van der Waals surface area contributed by atoms with Crippen molar-refractivity contribution < 1.29 is 18.8 Å². The van der Waals surface area contributed by atoms with Crippen LogP contribution in [0.15, 0.2) is 34.9 Å². The lowest BCUT2D eigenvalue weighted by Gasteiger charge is -2.29. The molecule has 9 nitrogen and oxygen atoms in total. The van der Waals surface area contributed by atoms with E-state index >= 15 is 0 Å². The normalized spacial score (nSPS) is 26.3. The Labute approximate surface area is 180 Å². The van der Waals surface area contributed by atoms with E-state index in [0.29, 0.717) is 63.2 Å². The summed E-state index contributed by atoms with van der Waals surface area (Å²) in [5.41, 5.74) is 0.145. The molecule has 3 saturated heterocycles. The number of aryl methyl sites for hydroxylation is 1. The second-order valence-electron chi connectivity index (χ2n) is 8.71. The average Bonchev–Trinajstić information content (AvgIpc) is 3.47. The molecular formula is C22H27N5O4. The summed E-state index contributed by atoms with van der Waals surface area (Å²) in [6.45, 7) is 7.16. The van der Waals surface area contributed by atoms with Crippen molar-refractivity contribution >= 4 is 11.8 Å². The third-order valence-corrected chi connectivity index (χ3v) is 6.69. The van der Waals surface area contributed by atoms with Crippen LogP contribution in [0.5, 0.6) is 0 Å². The summed E-state index contributed by atoms with van der Waals surface area (Å²) >= 11 is 0. The van der Waals surface area contributed by atoms with E-state index in [1.807, 2.05) is 40.1 Å². The van der Waals surface area contributed by atoms with Crippen LogP contribution in [0.25, 0.3) is 0 Å². The summed E-state index contributed by atoms with van der Waals surface area (Å²) in [7, 11) is 0. The molecule has 1 aromatic heterocycles. The summed E-state index contributed by atoms with van der Waals surface area (Å²) in [6, 6.07) is 9.30. The largest absolute Gasteiger partial charge is 0.379 e. The van der Waals surface area contributed by atoms with Gasteiger partial charge in [-0.15, -0.1) is 0 Å². The number of hydrogen-bond donors (Lipinski definition) is 0. The Kier molecular flexibility index (Phi) is 5.23. The van der Waals surface area contributed by atoms with Crippen LogP contribution in [0.2, 0.25) is 0 Å². The van der Waals surface area contributed by atoms with E-state index in [4.69, 9.17) is 9.26 Å². The molecule has 2 aromatic rings. The van der Waals surface area contributed by atoms with E-state index in [1.54, 1.807) is 6.92 Å². The number of carbonyl (C=O) groups is 2. The van der Waals surface area contributed by atoms with Crippen LogP contribution in [-0.4, -0.2) is 95.7 Å². The third kappa shape index (κ3) is 3.72. The molecule has 0 unspecified atom stereocenters. The number of carbonyl (C=O) groups excluding carboxylic acids is 2. The minimum atomic E-state index is -0.521. The van der Waals surface area contributed by atoms with Crippen LogP contribution in [0.3, 0.4) is 0 Å². The molecule has 2 amide bonds. The lowest BCUT2D eigenvalue weighted by atomic mass is 9.81. The van der Waals surface area contributed by atoms with Crippen LogP contribution in [-0.2, 0) is 14.9 Å². The van der Waals surface area contributed by atoms with E-state index in [0.717, 1.165) is 13.1 Å². The van der Waals surface area contributed by atoms with E-state index in [1.165, 1.54) is 0 Å². The highest BCUT2D eigenvalue weighted by molar-refractivity contribution is 5.94. The topological polar surface area (TPSA) is 92.0 Å². The number of hydrogen-bond acceptors (Lipinski definition) is 7. The molecule has 3 fully saturated rings. The molecule has 5 rings (SSSR count). The SMILES string of the molecule is Cc1noc([C@]23CN(C(=O)CN4CCOCC4)C[C@H]2CN(C(=O)c2ccccc2)C3)n1. The second kappa shape index (κ2) is 8.05.